The topological polar surface area (TPSA) is 65.5 Å². The molecule has 1 heterocycles. The fourth-order valence-corrected chi connectivity index (χ4v) is 3.73. The first-order chi connectivity index (χ1) is 15.9. The number of hydrogen-bond donors (Lipinski definition) is 1. The molecule has 4 rings (SSSR count). The largest absolute Gasteiger partial charge is 0.493 e. The molecule has 0 saturated heterocycles. The van der Waals surface area contributed by atoms with E-state index in [4.69, 9.17) is 14.2 Å². The van der Waals surface area contributed by atoms with Crippen LogP contribution < -0.4 is 19.5 Å². The summed E-state index contributed by atoms with van der Waals surface area (Å²) >= 11 is 0. The van der Waals surface area contributed by atoms with Gasteiger partial charge in [0, 0.05) is 17.0 Å². The predicted octanol–water partition coefficient (Wildman–Crippen LogP) is 5.92. The summed E-state index contributed by atoms with van der Waals surface area (Å²) in [7, 11) is 3.25. The quantitative estimate of drug-likeness (QED) is 0.383. The van der Waals surface area contributed by atoms with E-state index < -0.39 is 0 Å². The van der Waals surface area contributed by atoms with Gasteiger partial charge in [-0.25, -0.2) is 9.97 Å². The van der Waals surface area contributed by atoms with Crippen LogP contribution in [0.25, 0.3) is 10.9 Å². The van der Waals surface area contributed by atoms with E-state index in [0.717, 1.165) is 33.7 Å². The van der Waals surface area contributed by atoms with Crippen molar-refractivity contribution in [1.82, 2.24) is 15.3 Å². The van der Waals surface area contributed by atoms with Crippen LogP contribution in [0.1, 0.15) is 38.1 Å². The normalized spacial score (nSPS) is 12.4. The average molecular weight is 444 g/mol. The molecule has 6 nitrogen and oxygen atoms in total. The van der Waals surface area contributed by atoms with Crippen LogP contribution in [-0.4, -0.2) is 29.7 Å². The SMILES string of the molecule is COc1cc2ncnc(C(NC(C)(C)C)c3ccc(Oc4ccccc4)cc3)c2cc1OC. The van der Waals surface area contributed by atoms with Crippen molar-refractivity contribution in [3.63, 3.8) is 0 Å². The molecule has 4 aromatic rings. The van der Waals surface area contributed by atoms with E-state index in [0.29, 0.717) is 11.5 Å². The molecule has 1 aromatic heterocycles. The van der Waals surface area contributed by atoms with Crippen LogP contribution >= 0.6 is 0 Å². The maximum atomic E-state index is 5.97. The summed E-state index contributed by atoms with van der Waals surface area (Å²) in [5, 5.41) is 4.62. The second-order valence-electron chi connectivity index (χ2n) is 8.79. The van der Waals surface area contributed by atoms with Crippen molar-refractivity contribution >= 4 is 10.9 Å². The zero-order chi connectivity index (χ0) is 23.4. The molecule has 3 aromatic carbocycles. The van der Waals surface area contributed by atoms with Gasteiger partial charge in [-0.2, -0.15) is 0 Å². The fourth-order valence-electron chi connectivity index (χ4n) is 3.73. The summed E-state index contributed by atoms with van der Waals surface area (Å²) in [5.74, 6) is 2.86. The van der Waals surface area contributed by atoms with Crippen LogP contribution in [0.2, 0.25) is 0 Å². The number of para-hydroxylation sites is 1. The smallest absolute Gasteiger partial charge is 0.162 e. The molecule has 170 valence electrons. The van der Waals surface area contributed by atoms with Gasteiger partial charge in [-0.15, -0.1) is 0 Å². The van der Waals surface area contributed by atoms with Gasteiger partial charge < -0.3 is 19.5 Å². The molecule has 0 aliphatic carbocycles. The number of nitrogens with one attached hydrogen (secondary N) is 1. The van der Waals surface area contributed by atoms with Gasteiger partial charge in [0.1, 0.15) is 17.8 Å². The van der Waals surface area contributed by atoms with Crippen molar-refractivity contribution < 1.29 is 14.2 Å². The molecule has 0 fully saturated rings. The third-order valence-electron chi connectivity index (χ3n) is 5.21. The van der Waals surface area contributed by atoms with Crippen molar-refractivity contribution in [3.8, 4) is 23.0 Å². The van der Waals surface area contributed by atoms with Crippen molar-refractivity contribution in [2.75, 3.05) is 14.2 Å². The van der Waals surface area contributed by atoms with Gasteiger partial charge in [-0.05, 0) is 56.7 Å². The maximum Gasteiger partial charge on any atom is 0.162 e. The summed E-state index contributed by atoms with van der Waals surface area (Å²) in [6.07, 6.45) is 1.59. The Hall–Kier alpha value is -3.64. The van der Waals surface area contributed by atoms with Crippen LogP contribution in [0, 0.1) is 0 Å². The summed E-state index contributed by atoms with van der Waals surface area (Å²) in [6, 6.07) is 21.5. The monoisotopic (exact) mass is 443 g/mol. The van der Waals surface area contributed by atoms with E-state index in [-0.39, 0.29) is 11.6 Å². The number of fused-ring (bicyclic) bond motifs is 1. The van der Waals surface area contributed by atoms with Crippen molar-refractivity contribution in [3.05, 3.63) is 84.3 Å². The van der Waals surface area contributed by atoms with Crippen LogP contribution in [-0.2, 0) is 0 Å². The highest BCUT2D eigenvalue weighted by atomic mass is 16.5. The number of benzene rings is 3. The van der Waals surface area contributed by atoms with Gasteiger partial charge in [0.15, 0.2) is 11.5 Å². The summed E-state index contributed by atoms with van der Waals surface area (Å²) in [4.78, 5) is 9.15. The molecule has 33 heavy (non-hydrogen) atoms. The lowest BCUT2D eigenvalue weighted by Gasteiger charge is -2.29. The van der Waals surface area contributed by atoms with Gasteiger partial charge in [-0.1, -0.05) is 30.3 Å². The molecule has 0 radical (unpaired) electrons. The lowest BCUT2D eigenvalue weighted by molar-refractivity contribution is 0.355. The minimum Gasteiger partial charge on any atom is -0.493 e. The molecule has 1 unspecified atom stereocenters. The Morgan fingerprint density at radius 1 is 0.788 bits per heavy atom. The van der Waals surface area contributed by atoms with E-state index in [1.807, 2.05) is 54.6 Å². The number of ether oxygens (including phenoxy) is 3. The van der Waals surface area contributed by atoms with Gasteiger partial charge >= 0.3 is 0 Å². The molecule has 0 saturated carbocycles. The Morgan fingerprint density at radius 2 is 1.42 bits per heavy atom. The lowest BCUT2D eigenvalue weighted by Crippen LogP contribution is -2.39. The molecule has 0 spiro atoms. The highest BCUT2D eigenvalue weighted by molar-refractivity contribution is 5.85. The molecular formula is C27H29N3O3. The van der Waals surface area contributed by atoms with Crippen molar-refractivity contribution in [2.24, 2.45) is 0 Å². The zero-order valence-corrected chi connectivity index (χ0v) is 19.6. The zero-order valence-electron chi connectivity index (χ0n) is 19.6. The summed E-state index contributed by atoms with van der Waals surface area (Å²) < 4.78 is 17.0. The highest BCUT2D eigenvalue weighted by Gasteiger charge is 2.25. The number of nitrogens with zero attached hydrogens (tertiary/aromatic N) is 2. The maximum absolute atomic E-state index is 5.97. The van der Waals surface area contributed by atoms with Crippen LogP contribution in [0.3, 0.4) is 0 Å². The second kappa shape index (κ2) is 9.46. The molecule has 0 bridgehead atoms. The van der Waals surface area contributed by atoms with Gasteiger partial charge in [-0.3, -0.25) is 0 Å². The van der Waals surface area contributed by atoms with Crippen LogP contribution in [0.4, 0.5) is 0 Å². The highest BCUT2D eigenvalue weighted by Crippen LogP contribution is 2.36. The third-order valence-corrected chi connectivity index (χ3v) is 5.21. The fraction of sp³-hybridized carbons (Fsp3) is 0.259. The lowest BCUT2D eigenvalue weighted by atomic mass is 9.96. The molecule has 6 heteroatoms. The van der Waals surface area contributed by atoms with Gasteiger partial charge in [0.25, 0.3) is 0 Å². The molecule has 1 atom stereocenters. The first-order valence-corrected chi connectivity index (χ1v) is 10.8. The first kappa shape index (κ1) is 22.6. The molecule has 0 aliphatic rings. The predicted molar refractivity (Wildman–Crippen MR) is 130 cm³/mol. The minimum atomic E-state index is -0.167. The van der Waals surface area contributed by atoms with E-state index in [9.17, 15) is 0 Å². The minimum absolute atomic E-state index is 0.155. The van der Waals surface area contributed by atoms with E-state index in [1.54, 1.807) is 20.5 Å². The molecule has 0 amide bonds. The van der Waals surface area contributed by atoms with Crippen LogP contribution in [0.5, 0.6) is 23.0 Å². The Labute approximate surface area is 194 Å². The number of hydrogen-bond acceptors (Lipinski definition) is 6. The third kappa shape index (κ3) is 5.23. The van der Waals surface area contributed by atoms with E-state index in [1.165, 1.54) is 0 Å². The Bertz CT molecular complexity index is 1220. The van der Waals surface area contributed by atoms with Gasteiger partial charge in [0.05, 0.1) is 31.5 Å². The summed E-state index contributed by atoms with van der Waals surface area (Å²) in [5.41, 5.74) is 2.58. The Kier molecular flexibility index (Phi) is 6.47. The van der Waals surface area contributed by atoms with E-state index >= 15 is 0 Å². The summed E-state index contributed by atoms with van der Waals surface area (Å²) in [6.45, 7) is 6.42. The number of rotatable bonds is 7. The van der Waals surface area contributed by atoms with E-state index in [2.05, 4.69) is 48.2 Å². The van der Waals surface area contributed by atoms with Crippen molar-refractivity contribution in [2.45, 2.75) is 32.4 Å². The Morgan fingerprint density at radius 3 is 2.06 bits per heavy atom. The van der Waals surface area contributed by atoms with Crippen LogP contribution in [0.15, 0.2) is 73.1 Å². The number of methoxy groups -OCH3 is 2. The van der Waals surface area contributed by atoms with Crippen molar-refractivity contribution in [1.29, 1.82) is 0 Å². The molecule has 1 N–H and O–H groups in total. The molecular weight excluding hydrogens is 414 g/mol. The van der Waals surface area contributed by atoms with Gasteiger partial charge in [0.2, 0.25) is 0 Å². The Balaban J connectivity index is 1.76. The number of aromatic nitrogens is 2. The average Bonchev–Trinajstić information content (AvgIpc) is 2.82. The second-order valence-corrected chi connectivity index (χ2v) is 8.79. The molecule has 0 aliphatic heterocycles. The first-order valence-electron chi connectivity index (χ1n) is 10.8. The standard InChI is InChI=1S/C27H29N3O3/c1-27(2,3)30-25(18-11-13-20(14-12-18)33-19-9-7-6-8-10-19)26-21-15-23(31-4)24(32-5)16-22(21)28-17-29-26/h6-17,25,30H,1-5H3.